The molecule has 0 amide bonds. The fraction of sp³-hybridized carbons (Fsp3) is 0.294. The van der Waals surface area contributed by atoms with Crippen LogP contribution in [0.2, 0.25) is 0 Å². The zero-order chi connectivity index (χ0) is 14.4. The zero-order valence-corrected chi connectivity index (χ0v) is 12.1. The van der Waals surface area contributed by atoms with E-state index in [1.807, 2.05) is 30.3 Å². The highest BCUT2D eigenvalue weighted by Crippen LogP contribution is 2.20. The number of methoxy groups -OCH3 is 1. The first-order chi connectivity index (χ1) is 9.70. The van der Waals surface area contributed by atoms with Gasteiger partial charge in [-0.25, -0.2) is 0 Å². The van der Waals surface area contributed by atoms with Crippen molar-refractivity contribution >= 4 is 5.69 Å². The van der Waals surface area contributed by atoms with Crippen molar-refractivity contribution in [1.29, 1.82) is 0 Å². The Morgan fingerprint density at radius 2 is 1.70 bits per heavy atom. The van der Waals surface area contributed by atoms with Gasteiger partial charge in [0.15, 0.2) is 0 Å². The predicted molar refractivity (Wildman–Crippen MR) is 84.3 cm³/mol. The van der Waals surface area contributed by atoms with E-state index in [9.17, 15) is 0 Å². The minimum atomic E-state index is 0.0805. The van der Waals surface area contributed by atoms with Gasteiger partial charge in [-0.05, 0) is 36.2 Å². The van der Waals surface area contributed by atoms with Crippen molar-refractivity contribution in [3.05, 3.63) is 60.2 Å². The molecule has 3 nitrogen and oxygen atoms in total. The van der Waals surface area contributed by atoms with E-state index in [0.29, 0.717) is 0 Å². The first kappa shape index (κ1) is 14.4. The van der Waals surface area contributed by atoms with E-state index >= 15 is 0 Å². The average Bonchev–Trinajstić information content (AvgIpc) is 2.53. The third kappa shape index (κ3) is 3.75. The molecule has 0 heterocycles. The lowest BCUT2D eigenvalue weighted by Gasteiger charge is -2.22. The van der Waals surface area contributed by atoms with Crippen LogP contribution in [0.1, 0.15) is 18.0 Å². The SMILES string of the molecule is COc1ccc(N(C)CCC(N)c2ccccc2)cc1. The van der Waals surface area contributed by atoms with Crippen molar-refractivity contribution in [2.45, 2.75) is 12.5 Å². The lowest BCUT2D eigenvalue weighted by atomic mass is 10.0. The highest BCUT2D eigenvalue weighted by molar-refractivity contribution is 5.48. The Bertz CT molecular complexity index is 510. The number of anilines is 1. The molecule has 0 aliphatic rings. The summed E-state index contributed by atoms with van der Waals surface area (Å²) >= 11 is 0. The lowest BCUT2D eigenvalue weighted by molar-refractivity contribution is 0.415. The number of nitrogens with zero attached hydrogens (tertiary/aromatic N) is 1. The molecular formula is C17H22N2O. The van der Waals surface area contributed by atoms with Crippen LogP contribution in [0.15, 0.2) is 54.6 Å². The van der Waals surface area contributed by atoms with Crippen LogP contribution < -0.4 is 15.4 Å². The number of hydrogen-bond acceptors (Lipinski definition) is 3. The molecule has 20 heavy (non-hydrogen) atoms. The highest BCUT2D eigenvalue weighted by atomic mass is 16.5. The molecule has 2 rings (SSSR count). The molecule has 1 atom stereocenters. The molecule has 1 unspecified atom stereocenters. The van der Waals surface area contributed by atoms with Crippen molar-refractivity contribution in [1.82, 2.24) is 0 Å². The Morgan fingerprint density at radius 3 is 2.30 bits per heavy atom. The lowest BCUT2D eigenvalue weighted by Crippen LogP contribution is -2.23. The molecule has 0 radical (unpaired) electrons. The largest absolute Gasteiger partial charge is 0.497 e. The van der Waals surface area contributed by atoms with E-state index in [4.69, 9.17) is 10.5 Å². The van der Waals surface area contributed by atoms with Crippen LogP contribution in [0.4, 0.5) is 5.69 Å². The molecule has 0 bridgehead atoms. The van der Waals surface area contributed by atoms with Crippen LogP contribution in [0.3, 0.4) is 0 Å². The monoisotopic (exact) mass is 270 g/mol. The third-order valence-corrected chi connectivity index (χ3v) is 3.52. The van der Waals surface area contributed by atoms with Gasteiger partial charge in [0.25, 0.3) is 0 Å². The number of nitrogens with two attached hydrogens (primary N) is 1. The van der Waals surface area contributed by atoms with Gasteiger partial charge in [-0.15, -0.1) is 0 Å². The maximum Gasteiger partial charge on any atom is 0.119 e. The minimum absolute atomic E-state index is 0.0805. The molecule has 0 saturated heterocycles. The van der Waals surface area contributed by atoms with Gasteiger partial charge in [-0.3, -0.25) is 0 Å². The molecule has 2 aromatic rings. The summed E-state index contributed by atoms with van der Waals surface area (Å²) in [5.41, 5.74) is 8.58. The van der Waals surface area contributed by atoms with Crippen LogP contribution >= 0.6 is 0 Å². The normalized spacial score (nSPS) is 11.9. The van der Waals surface area contributed by atoms with Crippen LogP contribution in [0.25, 0.3) is 0 Å². The molecule has 2 N–H and O–H groups in total. The van der Waals surface area contributed by atoms with Crippen molar-refractivity contribution in [2.75, 3.05) is 25.6 Å². The van der Waals surface area contributed by atoms with Crippen LogP contribution in [-0.2, 0) is 0 Å². The van der Waals surface area contributed by atoms with E-state index in [-0.39, 0.29) is 6.04 Å². The summed E-state index contributed by atoms with van der Waals surface area (Å²) in [4.78, 5) is 2.21. The zero-order valence-electron chi connectivity index (χ0n) is 12.1. The Labute approximate surface area is 121 Å². The smallest absolute Gasteiger partial charge is 0.119 e. The summed E-state index contributed by atoms with van der Waals surface area (Å²) < 4.78 is 5.17. The summed E-state index contributed by atoms with van der Waals surface area (Å²) in [6.07, 6.45) is 0.923. The first-order valence-electron chi connectivity index (χ1n) is 6.86. The molecule has 0 spiro atoms. The molecule has 0 aromatic heterocycles. The molecule has 2 aromatic carbocycles. The molecule has 0 aliphatic carbocycles. The maximum absolute atomic E-state index is 6.22. The fourth-order valence-electron chi connectivity index (χ4n) is 2.17. The Hall–Kier alpha value is -2.00. The maximum atomic E-state index is 6.22. The van der Waals surface area contributed by atoms with E-state index < -0.39 is 0 Å². The van der Waals surface area contributed by atoms with E-state index in [0.717, 1.165) is 18.7 Å². The number of benzene rings is 2. The Balaban J connectivity index is 1.89. The third-order valence-electron chi connectivity index (χ3n) is 3.52. The molecule has 0 aliphatic heterocycles. The van der Waals surface area contributed by atoms with Gasteiger partial charge in [-0.1, -0.05) is 30.3 Å². The molecule has 3 heteroatoms. The van der Waals surface area contributed by atoms with Gasteiger partial charge in [0.05, 0.1) is 7.11 Å². The number of rotatable bonds is 6. The fourth-order valence-corrected chi connectivity index (χ4v) is 2.17. The predicted octanol–water partition coefficient (Wildman–Crippen LogP) is 3.22. The summed E-state index contributed by atoms with van der Waals surface area (Å²) in [6.45, 7) is 0.919. The van der Waals surface area contributed by atoms with E-state index in [2.05, 4.69) is 36.2 Å². The summed E-state index contributed by atoms with van der Waals surface area (Å²) in [6, 6.07) is 18.4. The minimum Gasteiger partial charge on any atom is -0.497 e. The average molecular weight is 270 g/mol. The first-order valence-corrected chi connectivity index (χ1v) is 6.86. The van der Waals surface area contributed by atoms with E-state index in [1.54, 1.807) is 7.11 Å². The van der Waals surface area contributed by atoms with Crippen LogP contribution in [0, 0.1) is 0 Å². The Kier molecular flexibility index (Phi) is 5.02. The van der Waals surface area contributed by atoms with Crippen molar-refractivity contribution in [3.8, 4) is 5.75 Å². The summed E-state index contributed by atoms with van der Waals surface area (Å²) in [5, 5.41) is 0. The second kappa shape index (κ2) is 6.96. The van der Waals surface area contributed by atoms with Gasteiger partial charge in [0.1, 0.15) is 5.75 Å². The topological polar surface area (TPSA) is 38.5 Å². The second-order valence-corrected chi connectivity index (χ2v) is 4.93. The highest BCUT2D eigenvalue weighted by Gasteiger charge is 2.07. The quantitative estimate of drug-likeness (QED) is 0.876. The van der Waals surface area contributed by atoms with Crippen LogP contribution in [0.5, 0.6) is 5.75 Å². The summed E-state index contributed by atoms with van der Waals surface area (Å²) in [7, 11) is 3.76. The number of ether oxygens (including phenoxy) is 1. The van der Waals surface area contributed by atoms with Crippen LogP contribution in [-0.4, -0.2) is 20.7 Å². The van der Waals surface area contributed by atoms with Gasteiger partial charge in [0.2, 0.25) is 0 Å². The van der Waals surface area contributed by atoms with Gasteiger partial charge < -0.3 is 15.4 Å². The van der Waals surface area contributed by atoms with Crippen molar-refractivity contribution < 1.29 is 4.74 Å². The second-order valence-electron chi connectivity index (χ2n) is 4.93. The Morgan fingerprint density at radius 1 is 1.05 bits per heavy atom. The van der Waals surface area contributed by atoms with Gasteiger partial charge in [0, 0.05) is 25.3 Å². The summed E-state index contributed by atoms with van der Waals surface area (Å²) in [5.74, 6) is 0.878. The molecule has 0 fully saturated rings. The molecule has 0 saturated carbocycles. The number of hydrogen-bond donors (Lipinski definition) is 1. The van der Waals surface area contributed by atoms with E-state index in [1.165, 1.54) is 11.3 Å². The van der Waals surface area contributed by atoms with Gasteiger partial charge >= 0.3 is 0 Å². The van der Waals surface area contributed by atoms with Crippen molar-refractivity contribution in [3.63, 3.8) is 0 Å². The standard InChI is InChI=1S/C17H22N2O/c1-19(15-8-10-16(20-2)11-9-15)13-12-17(18)14-6-4-3-5-7-14/h3-11,17H,12-13,18H2,1-2H3. The molecular weight excluding hydrogens is 248 g/mol. The molecule has 106 valence electrons. The van der Waals surface area contributed by atoms with Gasteiger partial charge in [-0.2, -0.15) is 0 Å². The van der Waals surface area contributed by atoms with Crippen molar-refractivity contribution in [2.24, 2.45) is 5.73 Å².